The summed E-state index contributed by atoms with van der Waals surface area (Å²) in [5.41, 5.74) is 5.48. The quantitative estimate of drug-likeness (QED) is 0.411. The summed E-state index contributed by atoms with van der Waals surface area (Å²) in [5.74, 6) is -0.231. The second kappa shape index (κ2) is 9.02. The Kier molecular flexibility index (Phi) is 5.99. The predicted octanol–water partition coefficient (Wildman–Crippen LogP) is 5.32. The van der Waals surface area contributed by atoms with Crippen molar-refractivity contribution in [3.8, 4) is 5.75 Å². The van der Waals surface area contributed by atoms with Crippen molar-refractivity contribution in [1.82, 2.24) is 5.01 Å². The fourth-order valence-electron chi connectivity index (χ4n) is 3.73. The summed E-state index contributed by atoms with van der Waals surface area (Å²) in [7, 11) is 0. The minimum atomic E-state index is -0.447. The van der Waals surface area contributed by atoms with Crippen molar-refractivity contribution in [3.63, 3.8) is 0 Å². The molecule has 1 aliphatic heterocycles. The number of aryl methyl sites for hydroxylation is 2. The molecule has 0 N–H and O–H groups in total. The van der Waals surface area contributed by atoms with Gasteiger partial charge in [0, 0.05) is 11.1 Å². The minimum Gasteiger partial charge on any atom is -0.488 e. The molecule has 0 unspecified atom stereocenters. The molecule has 0 saturated heterocycles. The van der Waals surface area contributed by atoms with Crippen molar-refractivity contribution in [2.24, 2.45) is 5.10 Å². The number of amides is 2. The Bertz CT molecular complexity index is 1220. The van der Waals surface area contributed by atoms with E-state index >= 15 is 0 Å². The number of hydrazone groups is 1. The molecular formula is C27H24N2O3. The first-order chi connectivity index (χ1) is 15.4. The molecule has 0 saturated carbocycles. The highest BCUT2D eigenvalue weighted by Crippen LogP contribution is 2.26. The van der Waals surface area contributed by atoms with E-state index in [0.717, 1.165) is 16.1 Å². The zero-order valence-corrected chi connectivity index (χ0v) is 18.3. The average molecular weight is 425 g/mol. The van der Waals surface area contributed by atoms with Gasteiger partial charge in [-0.05, 0) is 50.6 Å². The minimum absolute atomic E-state index is 0.372. The lowest BCUT2D eigenvalue weighted by molar-refractivity contribution is -0.123. The molecule has 0 bridgehead atoms. The Hall–Kier alpha value is -3.99. The molecule has 1 aliphatic rings. The van der Waals surface area contributed by atoms with Gasteiger partial charge in [0.15, 0.2) is 0 Å². The average Bonchev–Trinajstić information content (AvgIpc) is 3.06. The van der Waals surface area contributed by atoms with Gasteiger partial charge in [-0.15, -0.1) is 0 Å². The van der Waals surface area contributed by atoms with Crippen LogP contribution in [0.15, 0.2) is 83.5 Å². The van der Waals surface area contributed by atoms with Crippen molar-refractivity contribution >= 4 is 23.6 Å². The van der Waals surface area contributed by atoms with Crippen LogP contribution in [0.4, 0.5) is 0 Å². The Labute approximate surface area is 187 Å². The van der Waals surface area contributed by atoms with E-state index in [4.69, 9.17) is 4.74 Å². The van der Waals surface area contributed by atoms with Crippen molar-refractivity contribution in [3.05, 3.63) is 106 Å². The first-order valence-corrected chi connectivity index (χ1v) is 10.4. The standard InChI is InChI=1S/C27H24N2O3/c1-18-13-19(2)15-21(14-18)17-32-25-12-8-7-11-23(25)16-24-20(3)28-29(27(24)31)26(30)22-9-5-4-6-10-22/h4-16H,17H2,1-3H3/b24-16+. The molecule has 2 amide bonds. The van der Waals surface area contributed by atoms with E-state index in [1.807, 2.05) is 30.3 Å². The van der Waals surface area contributed by atoms with Crippen molar-refractivity contribution in [2.75, 3.05) is 0 Å². The highest BCUT2D eigenvalue weighted by molar-refractivity contribution is 6.30. The van der Waals surface area contributed by atoms with Crippen molar-refractivity contribution in [2.45, 2.75) is 27.4 Å². The number of carbonyl (C=O) groups is 2. The molecule has 5 nitrogen and oxygen atoms in total. The van der Waals surface area contributed by atoms with Gasteiger partial charge < -0.3 is 4.74 Å². The number of nitrogens with zero attached hydrogens (tertiary/aromatic N) is 2. The third kappa shape index (κ3) is 4.52. The van der Waals surface area contributed by atoms with Gasteiger partial charge in [-0.25, -0.2) is 0 Å². The van der Waals surface area contributed by atoms with Gasteiger partial charge in [0.2, 0.25) is 0 Å². The van der Waals surface area contributed by atoms with Crippen LogP contribution in [-0.4, -0.2) is 22.5 Å². The lowest BCUT2D eigenvalue weighted by atomic mass is 10.1. The molecule has 1 heterocycles. The molecule has 4 rings (SSSR count). The van der Waals surface area contributed by atoms with Crippen molar-refractivity contribution < 1.29 is 14.3 Å². The number of ether oxygens (including phenoxy) is 1. The summed E-state index contributed by atoms with van der Waals surface area (Å²) >= 11 is 0. The normalized spacial score (nSPS) is 14.6. The third-order valence-electron chi connectivity index (χ3n) is 5.17. The highest BCUT2D eigenvalue weighted by Gasteiger charge is 2.33. The van der Waals surface area contributed by atoms with Gasteiger partial charge in [0.1, 0.15) is 12.4 Å². The van der Waals surface area contributed by atoms with Crippen molar-refractivity contribution in [1.29, 1.82) is 0 Å². The molecular weight excluding hydrogens is 400 g/mol. The second-order valence-corrected chi connectivity index (χ2v) is 7.85. The molecule has 0 radical (unpaired) electrons. The zero-order valence-electron chi connectivity index (χ0n) is 18.3. The Morgan fingerprint density at radius 3 is 2.31 bits per heavy atom. The number of hydrogen-bond donors (Lipinski definition) is 0. The van der Waals surface area contributed by atoms with Gasteiger partial charge in [-0.2, -0.15) is 10.1 Å². The number of carbonyl (C=O) groups excluding carboxylic acids is 2. The first-order valence-electron chi connectivity index (χ1n) is 10.4. The first kappa shape index (κ1) is 21.2. The van der Waals surface area contributed by atoms with E-state index in [1.54, 1.807) is 37.3 Å². The van der Waals surface area contributed by atoms with Gasteiger partial charge >= 0.3 is 0 Å². The maximum absolute atomic E-state index is 13.0. The maximum Gasteiger partial charge on any atom is 0.283 e. The number of para-hydroxylation sites is 1. The van der Waals surface area contributed by atoms with Crippen LogP contribution in [0.25, 0.3) is 6.08 Å². The molecule has 5 heteroatoms. The van der Waals surface area contributed by atoms with Crippen LogP contribution in [0.3, 0.4) is 0 Å². The number of rotatable bonds is 5. The molecule has 0 atom stereocenters. The number of benzene rings is 3. The topological polar surface area (TPSA) is 59.0 Å². The summed E-state index contributed by atoms with van der Waals surface area (Å²) in [6, 6.07) is 22.5. The van der Waals surface area contributed by atoms with Gasteiger partial charge in [-0.3, -0.25) is 9.59 Å². The van der Waals surface area contributed by atoms with E-state index in [0.29, 0.717) is 29.2 Å². The van der Waals surface area contributed by atoms with Gasteiger partial charge in [0.25, 0.3) is 11.8 Å². The summed E-state index contributed by atoms with van der Waals surface area (Å²) in [4.78, 5) is 25.7. The highest BCUT2D eigenvalue weighted by atomic mass is 16.5. The second-order valence-electron chi connectivity index (χ2n) is 7.85. The maximum atomic E-state index is 13.0. The SMILES string of the molecule is CC1=NN(C(=O)c2ccccc2)C(=O)/C1=C/c1ccccc1OCc1cc(C)cc(C)c1. The van der Waals surface area contributed by atoms with Gasteiger partial charge in [-0.1, -0.05) is 65.7 Å². The molecule has 0 spiro atoms. The zero-order chi connectivity index (χ0) is 22.7. The molecule has 3 aromatic carbocycles. The van der Waals surface area contributed by atoms with E-state index in [2.05, 4.69) is 37.1 Å². The smallest absolute Gasteiger partial charge is 0.283 e. The van der Waals surface area contributed by atoms with E-state index in [9.17, 15) is 9.59 Å². The number of imide groups is 1. The largest absolute Gasteiger partial charge is 0.488 e. The Morgan fingerprint density at radius 1 is 0.938 bits per heavy atom. The predicted molar refractivity (Wildman–Crippen MR) is 125 cm³/mol. The van der Waals surface area contributed by atoms with Gasteiger partial charge in [0.05, 0.1) is 11.3 Å². The Morgan fingerprint density at radius 2 is 1.59 bits per heavy atom. The van der Waals surface area contributed by atoms with Crippen LogP contribution in [0.5, 0.6) is 5.75 Å². The van der Waals surface area contributed by atoms with Crippen LogP contribution >= 0.6 is 0 Å². The molecule has 0 aromatic heterocycles. The summed E-state index contributed by atoms with van der Waals surface area (Å²) in [5, 5.41) is 5.13. The number of hydrogen-bond acceptors (Lipinski definition) is 4. The van der Waals surface area contributed by atoms with E-state index in [1.165, 1.54) is 11.1 Å². The summed E-state index contributed by atoms with van der Waals surface area (Å²) in [6.45, 7) is 6.26. The van der Waals surface area contributed by atoms with Crippen LogP contribution in [-0.2, 0) is 11.4 Å². The molecule has 160 valence electrons. The van der Waals surface area contributed by atoms with Crippen LogP contribution in [0.2, 0.25) is 0 Å². The van der Waals surface area contributed by atoms with E-state index in [-0.39, 0.29) is 0 Å². The third-order valence-corrected chi connectivity index (χ3v) is 5.17. The summed E-state index contributed by atoms with van der Waals surface area (Å²) in [6.07, 6.45) is 1.73. The lowest BCUT2D eigenvalue weighted by Crippen LogP contribution is -2.29. The molecule has 3 aromatic rings. The van der Waals surface area contributed by atoms with Crippen LogP contribution in [0.1, 0.15) is 39.5 Å². The Balaban J connectivity index is 1.57. The molecule has 0 fully saturated rings. The van der Waals surface area contributed by atoms with Crippen LogP contribution in [0, 0.1) is 13.8 Å². The summed E-state index contributed by atoms with van der Waals surface area (Å²) < 4.78 is 6.08. The van der Waals surface area contributed by atoms with E-state index < -0.39 is 11.8 Å². The molecule has 0 aliphatic carbocycles. The monoisotopic (exact) mass is 424 g/mol. The van der Waals surface area contributed by atoms with Crippen LogP contribution < -0.4 is 4.74 Å². The molecule has 32 heavy (non-hydrogen) atoms. The lowest BCUT2D eigenvalue weighted by Gasteiger charge is -2.12. The fraction of sp³-hybridized carbons (Fsp3) is 0.148. The fourth-order valence-corrected chi connectivity index (χ4v) is 3.73.